The van der Waals surface area contributed by atoms with Crippen LogP contribution in [-0.2, 0) is 0 Å². The second-order valence-corrected chi connectivity index (χ2v) is 5.80. The van der Waals surface area contributed by atoms with E-state index in [0.717, 1.165) is 17.1 Å². The molecule has 3 rings (SSSR count). The zero-order valence-corrected chi connectivity index (χ0v) is 14.8. The van der Waals surface area contributed by atoms with Crippen LogP contribution < -0.4 is 4.90 Å². The third kappa shape index (κ3) is 3.89. The molecule has 0 bridgehead atoms. The maximum Gasteiger partial charge on any atom is 0.0461 e. The number of anilines is 2. The molecule has 0 unspecified atom stereocenters. The van der Waals surface area contributed by atoms with Gasteiger partial charge in [0.15, 0.2) is 0 Å². The largest absolute Gasteiger partial charge is 0.311 e. The van der Waals surface area contributed by atoms with Crippen LogP contribution in [0.25, 0.3) is 11.1 Å². The Morgan fingerprint density at radius 1 is 0.640 bits per heavy atom. The highest BCUT2D eigenvalue weighted by Gasteiger charge is 2.12. The Balaban J connectivity index is 2.02. The average molecular weight is 325 g/mol. The van der Waals surface area contributed by atoms with Crippen molar-refractivity contribution in [3.63, 3.8) is 0 Å². The van der Waals surface area contributed by atoms with Crippen molar-refractivity contribution in [3.05, 3.63) is 109 Å². The number of hydrogen-bond acceptors (Lipinski definition) is 1. The van der Waals surface area contributed by atoms with Crippen molar-refractivity contribution in [2.75, 3.05) is 4.90 Å². The summed E-state index contributed by atoms with van der Waals surface area (Å²) < 4.78 is 0. The quantitative estimate of drug-likeness (QED) is 0.458. The van der Waals surface area contributed by atoms with Gasteiger partial charge in [-0.05, 0) is 55.3 Å². The number of para-hydroxylation sites is 1. The fourth-order valence-electron chi connectivity index (χ4n) is 2.93. The SMILES string of the molecule is C/C=C\C(=C/C)N(c1ccccc1)c1ccc(-c2ccccc2)cc1. The van der Waals surface area contributed by atoms with Crippen LogP contribution in [0.15, 0.2) is 109 Å². The van der Waals surface area contributed by atoms with Gasteiger partial charge in [0.2, 0.25) is 0 Å². The lowest BCUT2D eigenvalue weighted by Gasteiger charge is -2.26. The van der Waals surface area contributed by atoms with Gasteiger partial charge in [0, 0.05) is 17.1 Å². The molecule has 3 aromatic rings. The molecule has 0 aliphatic rings. The number of allylic oxidation sites excluding steroid dienone is 3. The summed E-state index contributed by atoms with van der Waals surface area (Å²) >= 11 is 0. The first-order valence-corrected chi connectivity index (χ1v) is 8.63. The van der Waals surface area contributed by atoms with Gasteiger partial charge in [-0.3, -0.25) is 0 Å². The molecule has 0 aliphatic carbocycles. The average Bonchev–Trinajstić information content (AvgIpc) is 2.69. The molecule has 0 fully saturated rings. The maximum atomic E-state index is 2.27. The van der Waals surface area contributed by atoms with Crippen molar-refractivity contribution in [3.8, 4) is 11.1 Å². The summed E-state index contributed by atoms with van der Waals surface area (Å²) in [6, 6.07) is 29.7. The van der Waals surface area contributed by atoms with Gasteiger partial charge >= 0.3 is 0 Å². The van der Waals surface area contributed by atoms with E-state index in [2.05, 4.69) is 103 Å². The van der Waals surface area contributed by atoms with E-state index in [9.17, 15) is 0 Å². The fraction of sp³-hybridized carbons (Fsp3) is 0.0833. The number of benzene rings is 3. The molecule has 0 aliphatic heterocycles. The first kappa shape index (κ1) is 16.8. The second-order valence-electron chi connectivity index (χ2n) is 5.80. The standard InChI is InChI=1S/C24H23N/c1-3-11-22(4-2)25(23-14-9-6-10-15-23)24-18-16-21(17-19-24)20-12-7-5-8-13-20/h3-19H,1-2H3/b11-3-,22-4+. The number of nitrogens with zero attached hydrogens (tertiary/aromatic N) is 1. The molecule has 0 amide bonds. The van der Waals surface area contributed by atoms with Gasteiger partial charge in [0.1, 0.15) is 0 Å². The molecule has 0 heterocycles. The van der Waals surface area contributed by atoms with Gasteiger partial charge in [-0.15, -0.1) is 0 Å². The lowest BCUT2D eigenvalue weighted by Crippen LogP contribution is -2.14. The van der Waals surface area contributed by atoms with Crippen LogP contribution in [0.3, 0.4) is 0 Å². The third-order valence-electron chi connectivity index (χ3n) is 4.14. The lowest BCUT2D eigenvalue weighted by molar-refractivity contribution is 1.20. The van der Waals surface area contributed by atoms with Crippen LogP contribution in [0.5, 0.6) is 0 Å². The summed E-state index contributed by atoms with van der Waals surface area (Å²) in [6.07, 6.45) is 6.35. The molecule has 0 N–H and O–H groups in total. The van der Waals surface area contributed by atoms with Crippen molar-refractivity contribution in [1.82, 2.24) is 0 Å². The zero-order chi connectivity index (χ0) is 17.5. The van der Waals surface area contributed by atoms with E-state index < -0.39 is 0 Å². The van der Waals surface area contributed by atoms with Crippen molar-refractivity contribution in [1.29, 1.82) is 0 Å². The molecule has 3 aromatic carbocycles. The first-order valence-electron chi connectivity index (χ1n) is 8.63. The van der Waals surface area contributed by atoms with Crippen molar-refractivity contribution >= 4 is 11.4 Å². The van der Waals surface area contributed by atoms with E-state index in [0.29, 0.717) is 0 Å². The Bertz CT molecular complexity index is 844. The molecule has 0 radical (unpaired) electrons. The molecule has 0 saturated heterocycles. The van der Waals surface area contributed by atoms with E-state index in [4.69, 9.17) is 0 Å². The highest BCUT2D eigenvalue weighted by Crippen LogP contribution is 2.32. The minimum atomic E-state index is 1.15. The Morgan fingerprint density at radius 3 is 1.72 bits per heavy atom. The molecule has 1 heteroatoms. The van der Waals surface area contributed by atoms with Gasteiger partial charge in [-0.1, -0.05) is 72.8 Å². The fourth-order valence-corrected chi connectivity index (χ4v) is 2.93. The Labute approximate surface area is 150 Å². The summed E-state index contributed by atoms with van der Waals surface area (Å²) in [6.45, 7) is 4.12. The molecular formula is C24H23N. The summed E-state index contributed by atoms with van der Waals surface area (Å²) in [5.41, 5.74) is 5.92. The minimum Gasteiger partial charge on any atom is -0.311 e. The summed E-state index contributed by atoms with van der Waals surface area (Å²) in [5.74, 6) is 0. The van der Waals surface area contributed by atoms with Gasteiger partial charge < -0.3 is 4.90 Å². The van der Waals surface area contributed by atoms with Crippen LogP contribution in [0, 0.1) is 0 Å². The van der Waals surface area contributed by atoms with Crippen molar-refractivity contribution in [2.45, 2.75) is 13.8 Å². The van der Waals surface area contributed by atoms with Gasteiger partial charge in [0.25, 0.3) is 0 Å². The van der Waals surface area contributed by atoms with Crippen molar-refractivity contribution in [2.24, 2.45) is 0 Å². The molecule has 0 spiro atoms. The smallest absolute Gasteiger partial charge is 0.0461 e. The topological polar surface area (TPSA) is 3.24 Å². The van der Waals surface area contributed by atoms with Crippen LogP contribution >= 0.6 is 0 Å². The van der Waals surface area contributed by atoms with Gasteiger partial charge in [-0.25, -0.2) is 0 Å². The predicted molar refractivity (Wildman–Crippen MR) is 109 cm³/mol. The zero-order valence-electron chi connectivity index (χ0n) is 14.8. The third-order valence-corrected chi connectivity index (χ3v) is 4.14. The molecule has 0 saturated carbocycles. The van der Waals surface area contributed by atoms with E-state index in [-0.39, 0.29) is 0 Å². The second kappa shape index (κ2) is 8.16. The highest BCUT2D eigenvalue weighted by atomic mass is 15.1. The van der Waals surface area contributed by atoms with E-state index >= 15 is 0 Å². The number of rotatable bonds is 5. The Kier molecular flexibility index (Phi) is 5.48. The summed E-state index contributed by atoms with van der Waals surface area (Å²) in [7, 11) is 0. The van der Waals surface area contributed by atoms with Crippen molar-refractivity contribution < 1.29 is 0 Å². The Morgan fingerprint density at radius 2 is 1.16 bits per heavy atom. The van der Waals surface area contributed by atoms with Gasteiger partial charge in [0.05, 0.1) is 0 Å². The van der Waals surface area contributed by atoms with Crippen LogP contribution in [0.2, 0.25) is 0 Å². The van der Waals surface area contributed by atoms with Gasteiger partial charge in [-0.2, -0.15) is 0 Å². The first-order chi connectivity index (χ1) is 12.3. The normalized spacial score (nSPS) is 11.7. The molecule has 1 nitrogen and oxygen atoms in total. The highest BCUT2D eigenvalue weighted by molar-refractivity contribution is 5.73. The number of hydrogen-bond donors (Lipinski definition) is 0. The molecule has 25 heavy (non-hydrogen) atoms. The Hall–Kier alpha value is -3.06. The predicted octanol–water partition coefficient (Wildman–Crippen LogP) is 6.97. The minimum absolute atomic E-state index is 1.15. The molecule has 124 valence electrons. The van der Waals surface area contributed by atoms with Crippen LogP contribution in [-0.4, -0.2) is 0 Å². The molecule has 0 atom stereocenters. The molecule has 0 aromatic heterocycles. The lowest BCUT2D eigenvalue weighted by atomic mass is 10.0. The van der Waals surface area contributed by atoms with Crippen LogP contribution in [0.1, 0.15) is 13.8 Å². The van der Waals surface area contributed by atoms with E-state index in [1.54, 1.807) is 0 Å². The van der Waals surface area contributed by atoms with Crippen LogP contribution in [0.4, 0.5) is 11.4 Å². The molecular weight excluding hydrogens is 302 g/mol. The summed E-state index contributed by atoms with van der Waals surface area (Å²) in [4.78, 5) is 2.27. The maximum absolute atomic E-state index is 2.27. The summed E-state index contributed by atoms with van der Waals surface area (Å²) in [5, 5.41) is 0. The monoisotopic (exact) mass is 325 g/mol. The van der Waals surface area contributed by atoms with E-state index in [1.165, 1.54) is 11.1 Å². The van der Waals surface area contributed by atoms with E-state index in [1.807, 2.05) is 19.1 Å².